The molecule has 1 aromatic carbocycles. The number of hydrogen-bond donors (Lipinski definition) is 1. The SMILES string of the molecule is COc1ccc2c(O[C@@H]3C[C@H]4C(=O)C[C@]5(C(=O)NS(=O)(=O)C6CC6)C[C@H]5/C=C\CO[C@@H](C)C[C@@H](C)[C@H](CC(=O)OC(C)(C)C(F)(F)F)C(=O)N4C3)nccc2c1. The van der Waals surface area contributed by atoms with E-state index < -0.39 is 105 Å². The second kappa shape index (κ2) is 15.6. The van der Waals surface area contributed by atoms with Crippen molar-refractivity contribution in [3.8, 4) is 11.6 Å². The van der Waals surface area contributed by atoms with Crippen LogP contribution in [0, 0.1) is 23.2 Å². The average molecular weight is 808 g/mol. The zero-order chi connectivity index (χ0) is 40.8. The van der Waals surface area contributed by atoms with E-state index in [0.717, 1.165) is 19.2 Å². The molecule has 0 spiro atoms. The topological polar surface area (TPSA) is 168 Å². The number of fused-ring (bicyclic) bond motifs is 3. The third kappa shape index (κ3) is 8.82. The second-order valence-corrected chi connectivity index (χ2v) is 18.0. The van der Waals surface area contributed by atoms with Crippen LogP contribution in [0.25, 0.3) is 10.8 Å². The zero-order valence-corrected chi connectivity index (χ0v) is 32.8. The van der Waals surface area contributed by atoms with Gasteiger partial charge in [-0.3, -0.25) is 23.9 Å². The summed E-state index contributed by atoms with van der Waals surface area (Å²) in [5.74, 6) is -4.77. The molecule has 3 fully saturated rings. The van der Waals surface area contributed by atoms with Crippen molar-refractivity contribution in [2.75, 3.05) is 20.3 Å². The van der Waals surface area contributed by atoms with E-state index in [1.54, 1.807) is 50.3 Å². The summed E-state index contributed by atoms with van der Waals surface area (Å²) in [6.45, 7) is 4.82. The Bertz CT molecular complexity index is 2000. The van der Waals surface area contributed by atoms with Crippen LogP contribution in [0.2, 0.25) is 0 Å². The number of carbonyl (C=O) groups excluding carboxylic acids is 4. The number of methoxy groups -OCH3 is 1. The Hall–Kier alpha value is -4.25. The van der Waals surface area contributed by atoms with E-state index in [1.165, 1.54) is 18.2 Å². The third-order valence-corrected chi connectivity index (χ3v) is 13.2. The van der Waals surface area contributed by atoms with Crippen molar-refractivity contribution < 1.29 is 59.7 Å². The van der Waals surface area contributed by atoms with E-state index in [0.29, 0.717) is 24.0 Å². The van der Waals surface area contributed by atoms with Gasteiger partial charge < -0.3 is 23.8 Å². The molecule has 0 bridgehead atoms. The van der Waals surface area contributed by atoms with Crippen molar-refractivity contribution in [1.82, 2.24) is 14.6 Å². The summed E-state index contributed by atoms with van der Waals surface area (Å²) >= 11 is 0. The molecule has 56 heavy (non-hydrogen) atoms. The Balaban J connectivity index is 1.34. The maximum Gasteiger partial charge on any atom is 0.427 e. The quantitative estimate of drug-likeness (QED) is 0.266. The molecule has 2 amide bonds. The maximum absolute atomic E-state index is 14.7. The number of hydrogen-bond acceptors (Lipinski definition) is 11. The molecule has 0 radical (unpaired) electrons. The lowest BCUT2D eigenvalue weighted by molar-refractivity contribution is -0.257. The normalized spacial score (nSPS) is 29.7. The van der Waals surface area contributed by atoms with Crippen molar-refractivity contribution in [1.29, 1.82) is 0 Å². The summed E-state index contributed by atoms with van der Waals surface area (Å²) in [6.07, 6.45) is -1.10. The van der Waals surface area contributed by atoms with Crippen LogP contribution in [-0.4, -0.2) is 97.4 Å². The van der Waals surface area contributed by atoms with Gasteiger partial charge in [0.25, 0.3) is 0 Å². The van der Waals surface area contributed by atoms with E-state index in [9.17, 15) is 40.8 Å². The number of rotatable bonds is 9. The monoisotopic (exact) mass is 807 g/mol. The molecule has 1 aromatic heterocycles. The van der Waals surface area contributed by atoms with E-state index in [1.807, 2.05) is 0 Å². The number of sulfonamides is 1. The second-order valence-electron chi connectivity index (χ2n) is 16.0. The molecule has 3 heterocycles. The molecule has 17 heteroatoms. The average Bonchev–Trinajstić information content (AvgIpc) is 4.04. The number of nitrogens with zero attached hydrogens (tertiary/aromatic N) is 2. The van der Waals surface area contributed by atoms with Crippen LogP contribution in [0.15, 0.2) is 42.6 Å². The fraction of sp³-hybridized carbons (Fsp3) is 0.615. The molecule has 7 atom stereocenters. The van der Waals surface area contributed by atoms with E-state index >= 15 is 0 Å². The Labute approximate surface area is 323 Å². The molecule has 13 nitrogen and oxygen atoms in total. The number of ether oxygens (including phenoxy) is 4. The van der Waals surface area contributed by atoms with Crippen molar-refractivity contribution in [3.05, 3.63) is 42.6 Å². The Morgan fingerprint density at radius 2 is 1.84 bits per heavy atom. The van der Waals surface area contributed by atoms with Gasteiger partial charge in [0.2, 0.25) is 33.3 Å². The third-order valence-electron chi connectivity index (χ3n) is 11.4. The largest absolute Gasteiger partial charge is 0.497 e. The number of amides is 2. The summed E-state index contributed by atoms with van der Waals surface area (Å²) in [6, 6.07) is 5.86. The van der Waals surface area contributed by atoms with Gasteiger partial charge in [0.1, 0.15) is 11.9 Å². The number of alkyl halides is 3. The van der Waals surface area contributed by atoms with Crippen molar-refractivity contribution in [2.45, 2.75) is 108 Å². The first-order valence-corrected chi connectivity index (χ1v) is 20.3. The maximum atomic E-state index is 14.7. The highest BCUT2D eigenvalue weighted by atomic mass is 32.2. The lowest BCUT2D eigenvalue weighted by Gasteiger charge is -2.33. The molecular formula is C39H48F3N3O10S. The van der Waals surface area contributed by atoms with Gasteiger partial charge in [0.15, 0.2) is 5.78 Å². The van der Waals surface area contributed by atoms with Crippen LogP contribution in [0.4, 0.5) is 13.2 Å². The molecule has 2 aliphatic carbocycles. The highest BCUT2D eigenvalue weighted by Gasteiger charge is 2.62. The Morgan fingerprint density at radius 3 is 2.52 bits per heavy atom. The first kappa shape index (κ1) is 41.4. The number of pyridine rings is 1. The zero-order valence-electron chi connectivity index (χ0n) is 32.0. The van der Waals surface area contributed by atoms with Crippen LogP contribution < -0.4 is 14.2 Å². The first-order chi connectivity index (χ1) is 26.2. The smallest absolute Gasteiger partial charge is 0.427 e. The number of benzene rings is 1. The molecule has 2 aliphatic heterocycles. The highest BCUT2D eigenvalue weighted by Crippen LogP contribution is 2.57. The number of carbonyl (C=O) groups is 4. The molecule has 1 N–H and O–H groups in total. The predicted molar refractivity (Wildman–Crippen MR) is 196 cm³/mol. The number of halogens is 3. The standard InChI is InChI=1S/C39H48F3N3O10S/c1-22-15-23(2)53-14-6-7-25-19-38(25,36(49)44-56(50,51)28-9-10-28)20-32(46)31-17-27(54-34-29-11-8-26(52-5)16-24(29)12-13-43-34)21-45(31)35(48)30(22)18-33(47)55-37(3,4)39(40,41)42/h6-8,11-13,16,22-23,25,27-28,30-31H,9-10,14-15,17-21H2,1-5H3,(H,44,49)/b7-6-/t22-,23+,25-,27-,30+,31+,38-/m1/s1. The van der Waals surface area contributed by atoms with Crippen molar-refractivity contribution in [2.24, 2.45) is 23.2 Å². The molecule has 0 unspecified atom stereocenters. The molecule has 2 aromatic rings. The number of esters is 1. The van der Waals surface area contributed by atoms with Crippen LogP contribution in [0.1, 0.15) is 72.6 Å². The summed E-state index contributed by atoms with van der Waals surface area (Å²) in [4.78, 5) is 61.9. The highest BCUT2D eigenvalue weighted by molar-refractivity contribution is 7.90. The Morgan fingerprint density at radius 1 is 1.11 bits per heavy atom. The molecular weight excluding hydrogens is 760 g/mol. The van der Waals surface area contributed by atoms with Gasteiger partial charge in [-0.1, -0.05) is 19.1 Å². The van der Waals surface area contributed by atoms with Crippen LogP contribution in [-0.2, 0) is 38.7 Å². The number of Topliss-reactive ketones (excluding diaryl/α,β-unsaturated/α-hetero) is 1. The summed E-state index contributed by atoms with van der Waals surface area (Å²) in [5, 5.41) is 0.702. The fourth-order valence-electron chi connectivity index (χ4n) is 7.69. The van der Waals surface area contributed by atoms with Gasteiger partial charge in [-0.2, -0.15) is 13.2 Å². The van der Waals surface area contributed by atoms with Crippen molar-refractivity contribution >= 4 is 44.4 Å². The number of allylic oxidation sites excluding steroid dienone is 1. The van der Waals surface area contributed by atoms with E-state index in [-0.39, 0.29) is 38.3 Å². The van der Waals surface area contributed by atoms with Crippen LogP contribution in [0.3, 0.4) is 0 Å². The molecule has 2 saturated carbocycles. The van der Waals surface area contributed by atoms with Crippen LogP contribution >= 0.6 is 0 Å². The van der Waals surface area contributed by atoms with Gasteiger partial charge in [0.05, 0.1) is 55.4 Å². The minimum absolute atomic E-state index is 0.0382. The van der Waals surface area contributed by atoms with Gasteiger partial charge in [0, 0.05) is 24.4 Å². The molecule has 1 saturated heterocycles. The molecule has 4 aliphatic rings. The first-order valence-electron chi connectivity index (χ1n) is 18.8. The minimum Gasteiger partial charge on any atom is -0.497 e. The Kier molecular flexibility index (Phi) is 11.5. The van der Waals surface area contributed by atoms with Gasteiger partial charge in [-0.15, -0.1) is 0 Å². The number of ketones is 1. The minimum atomic E-state index is -4.88. The lowest BCUT2D eigenvalue weighted by atomic mass is 9.85. The summed E-state index contributed by atoms with van der Waals surface area (Å²) in [7, 11) is -2.42. The summed E-state index contributed by atoms with van der Waals surface area (Å²) < 4.78 is 91.6. The van der Waals surface area contributed by atoms with E-state index in [2.05, 4.69) is 9.71 Å². The fourth-order valence-corrected chi connectivity index (χ4v) is 9.08. The molecule has 306 valence electrons. The van der Waals surface area contributed by atoms with Crippen LogP contribution in [0.5, 0.6) is 11.6 Å². The number of aromatic nitrogens is 1. The van der Waals surface area contributed by atoms with Gasteiger partial charge >= 0.3 is 12.1 Å². The van der Waals surface area contributed by atoms with E-state index in [4.69, 9.17) is 18.9 Å². The lowest BCUT2D eigenvalue weighted by Crippen LogP contribution is -2.48. The van der Waals surface area contributed by atoms with Gasteiger partial charge in [-0.05, 0) is 87.9 Å². The van der Waals surface area contributed by atoms with Gasteiger partial charge in [-0.25, -0.2) is 13.4 Å². The number of nitrogens with one attached hydrogen (secondary N) is 1. The summed E-state index contributed by atoms with van der Waals surface area (Å²) in [5.41, 5.74) is -4.24. The van der Waals surface area contributed by atoms with Crippen molar-refractivity contribution in [3.63, 3.8) is 0 Å². The predicted octanol–water partition coefficient (Wildman–Crippen LogP) is 5.06. The molecule has 6 rings (SSSR count).